The zero-order valence-electron chi connectivity index (χ0n) is 14.7. The number of carbonyl (C=O) groups is 1. The molecule has 0 aromatic heterocycles. The van der Waals surface area contributed by atoms with E-state index >= 15 is 0 Å². The van der Waals surface area contributed by atoms with Crippen molar-refractivity contribution in [3.05, 3.63) is 29.8 Å². The number of nitrogens with one attached hydrogen (secondary N) is 1. The fourth-order valence-electron chi connectivity index (χ4n) is 3.36. The molecule has 1 aliphatic heterocycles. The van der Waals surface area contributed by atoms with Crippen molar-refractivity contribution in [2.45, 2.75) is 45.6 Å². The smallest absolute Gasteiger partial charge is 0.223 e. The van der Waals surface area contributed by atoms with Crippen LogP contribution in [0, 0.1) is 5.92 Å². The van der Waals surface area contributed by atoms with E-state index in [1.54, 1.807) is 7.11 Å². The normalized spacial score (nSPS) is 16.5. The highest BCUT2D eigenvalue weighted by Crippen LogP contribution is 2.27. The second kappa shape index (κ2) is 8.92. The van der Waals surface area contributed by atoms with E-state index in [1.165, 1.54) is 18.4 Å². The summed E-state index contributed by atoms with van der Waals surface area (Å²) in [5, 5.41) is 3.18. The van der Waals surface area contributed by atoms with Crippen LogP contribution in [0.25, 0.3) is 0 Å². The Morgan fingerprint density at radius 2 is 1.96 bits per heavy atom. The zero-order chi connectivity index (χ0) is 16.7. The van der Waals surface area contributed by atoms with Crippen LogP contribution >= 0.6 is 0 Å². The Kier molecular flexibility index (Phi) is 6.90. The van der Waals surface area contributed by atoms with E-state index in [1.807, 2.05) is 12.1 Å². The molecule has 0 aliphatic carbocycles. The van der Waals surface area contributed by atoms with Crippen LogP contribution in [-0.4, -0.2) is 37.6 Å². The highest BCUT2D eigenvalue weighted by Gasteiger charge is 2.25. The first-order valence-electron chi connectivity index (χ1n) is 8.85. The Bertz CT molecular complexity index is 494. The Hall–Kier alpha value is -1.55. The number of carbonyl (C=O) groups excluding carboxylic acids is 1. The monoisotopic (exact) mass is 318 g/mol. The quantitative estimate of drug-likeness (QED) is 0.799. The average molecular weight is 318 g/mol. The number of methoxy groups -OCH3 is 1. The lowest BCUT2D eigenvalue weighted by Crippen LogP contribution is -2.39. The fraction of sp³-hybridized carbons (Fsp3) is 0.632. The predicted molar refractivity (Wildman–Crippen MR) is 93.6 cm³/mol. The maximum absolute atomic E-state index is 12.3. The SMILES string of the molecule is CCC(CC)C(=O)NCC(c1cccc(OC)c1)N1CCCC1. The first-order chi connectivity index (χ1) is 11.2. The van der Waals surface area contributed by atoms with Crippen molar-refractivity contribution in [3.8, 4) is 5.75 Å². The number of amides is 1. The molecule has 1 fully saturated rings. The first kappa shape index (κ1) is 17.8. The van der Waals surface area contributed by atoms with Gasteiger partial charge in [0, 0.05) is 12.5 Å². The third kappa shape index (κ3) is 4.71. The summed E-state index contributed by atoms with van der Waals surface area (Å²) < 4.78 is 5.36. The van der Waals surface area contributed by atoms with Gasteiger partial charge in [0.1, 0.15) is 5.75 Å². The van der Waals surface area contributed by atoms with Crippen LogP contribution in [0.3, 0.4) is 0 Å². The third-order valence-corrected chi connectivity index (χ3v) is 4.89. The summed E-state index contributed by atoms with van der Waals surface area (Å²) in [6, 6.07) is 8.44. The number of hydrogen-bond donors (Lipinski definition) is 1. The molecule has 1 amide bonds. The minimum atomic E-state index is 0.125. The molecule has 1 atom stereocenters. The molecule has 1 unspecified atom stereocenters. The molecule has 1 N–H and O–H groups in total. The Balaban J connectivity index is 2.09. The number of ether oxygens (including phenoxy) is 1. The Labute approximate surface area is 140 Å². The molecule has 1 heterocycles. The van der Waals surface area contributed by atoms with Gasteiger partial charge in [-0.05, 0) is 56.5 Å². The Morgan fingerprint density at radius 1 is 1.26 bits per heavy atom. The van der Waals surface area contributed by atoms with Crippen LogP contribution in [0.4, 0.5) is 0 Å². The highest BCUT2D eigenvalue weighted by atomic mass is 16.5. The summed E-state index contributed by atoms with van der Waals surface area (Å²) >= 11 is 0. The van der Waals surface area contributed by atoms with Gasteiger partial charge >= 0.3 is 0 Å². The van der Waals surface area contributed by atoms with E-state index in [0.29, 0.717) is 6.54 Å². The second-order valence-electron chi connectivity index (χ2n) is 6.29. The van der Waals surface area contributed by atoms with Gasteiger partial charge in [-0.1, -0.05) is 26.0 Å². The van der Waals surface area contributed by atoms with Gasteiger partial charge in [0.15, 0.2) is 0 Å². The van der Waals surface area contributed by atoms with Gasteiger partial charge in [-0.15, -0.1) is 0 Å². The van der Waals surface area contributed by atoms with E-state index in [4.69, 9.17) is 4.74 Å². The summed E-state index contributed by atoms with van der Waals surface area (Å²) in [7, 11) is 1.69. The molecule has 23 heavy (non-hydrogen) atoms. The van der Waals surface area contributed by atoms with Crippen molar-refractivity contribution in [1.29, 1.82) is 0 Å². The lowest BCUT2D eigenvalue weighted by atomic mass is 10.0. The second-order valence-corrected chi connectivity index (χ2v) is 6.29. The van der Waals surface area contributed by atoms with Gasteiger partial charge in [0.25, 0.3) is 0 Å². The fourth-order valence-corrected chi connectivity index (χ4v) is 3.36. The van der Waals surface area contributed by atoms with Crippen LogP contribution in [0.1, 0.15) is 51.1 Å². The summed E-state index contributed by atoms with van der Waals surface area (Å²) in [4.78, 5) is 14.8. The van der Waals surface area contributed by atoms with Crippen LogP contribution in [0.15, 0.2) is 24.3 Å². The van der Waals surface area contributed by atoms with Gasteiger partial charge < -0.3 is 10.1 Å². The summed E-state index contributed by atoms with van der Waals surface area (Å²) in [6.07, 6.45) is 4.27. The van der Waals surface area contributed by atoms with Gasteiger partial charge in [-0.3, -0.25) is 9.69 Å². The van der Waals surface area contributed by atoms with Crippen molar-refractivity contribution in [2.24, 2.45) is 5.92 Å². The number of hydrogen-bond acceptors (Lipinski definition) is 3. The summed E-state index contributed by atoms with van der Waals surface area (Å²) in [5.74, 6) is 1.18. The van der Waals surface area contributed by atoms with Crippen molar-refractivity contribution >= 4 is 5.91 Å². The van der Waals surface area contributed by atoms with Crippen LogP contribution in [0.5, 0.6) is 5.75 Å². The van der Waals surface area contributed by atoms with Gasteiger partial charge in [-0.25, -0.2) is 0 Å². The molecule has 0 bridgehead atoms. The molecule has 0 radical (unpaired) electrons. The van der Waals surface area contributed by atoms with E-state index < -0.39 is 0 Å². The largest absolute Gasteiger partial charge is 0.497 e. The lowest BCUT2D eigenvalue weighted by Gasteiger charge is -2.29. The minimum Gasteiger partial charge on any atom is -0.497 e. The molecular weight excluding hydrogens is 288 g/mol. The van der Waals surface area contributed by atoms with Gasteiger partial charge in [0.2, 0.25) is 5.91 Å². The predicted octanol–water partition coefficient (Wildman–Crippen LogP) is 3.38. The zero-order valence-corrected chi connectivity index (χ0v) is 14.7. The van der Waals surface area contributed by atoms with Gasteiger partial charge in [-0.2, -0.15) is 0 Å². The molecule has 4 nitrogen and oxygen atoms in total. The van der Waals surface area contributed by atoms with Crippen molar-refractivity contribution in [3.63, 3.8) is 0 Å². The molecule has 0 saturated carbocycles. The molecule has 1 aromatic carbocycles. The highest BCUT2D eigenvalue weighted by molar-refractivity contribution is 5.78. The molecule has 0 spiro atoms. The average Bonchev–Trinajstić information content (AvgIpc) is 3.10. The number of rotatable bonds is 8. The number of likely N-dealkylation sites (tertiary alicyclic amines) is 1. The van der Waals surface area contributed by atoms with Gasteiger partial charge in [0.05, 0.1) is 13.2 Å². The standard InChI is InChI=1S/C19H30N2O2/c1-4-15(5-2)19(22)20-14-18(21-11-6-7-12-21)16-9-8-10-17(13-16)23-3/h8-10,13,15,18H,4-7,11-12,14H2,1-3H3,(H,20,22). The molecule has 2 rings (SSSR count). The molecule has 1 aliphatic rings. The van der Waals surface area contributed by atoms with Crippen LogP contribution in [0.2, 0.25) is 0 Å². The lowest BCUT2D eigenvalue weighted by molar-refractivity contribution is -0.125. The molecule has 128 valence electrons. The molecule has 1 aromatic rings. The van der Waals surface area contributed by atoms with E-state index in [2.05, 4.69) is 36.2 Å². The number of nitrogens with zero attached hydrogens (tertiary/aromatic N) is 1. The maximum Gasteiger partial charge on any atom is 0.223 e. The molecular formula is C19H30N2O2. The Morgan fingerprint density at radius 3 is 2.57 bits per heavy atom. The van der Waals surface area contributed by atoms with Crippen LogP contribution < -0.4 is 10.1 Å². The topological polar surface area (TPSA) is 41.6 Å². The summed E-state index contributed by atoms with van der Waals surface area (Å²) in [6.45, 7) is 7.02. The van der Waals surface area contributed by atoms with Crippen molar-refractivity contribution in [1.82, 2.24) is 10.2 Å². The maximum atomic E-state index is 12.3. The van der Waals surface area contributed by atoms with E-state index in [0.717, 1.165) is 31.7 Å². The van der Waals surface area contributed by atoms with E-state index in [-0.39, 0.29) is 17.9 Å². The molecule has 1 saturated heterocycles. The first-order valence-corrected chi connectivity index (χ1v) is 8.85. The van der Waals surface area contributed by atoms with Crippen molar-refractivity contribution in [2.75, 3.05) is 26.7 Å². The number of benzene rings is 1. The van der Waals surface area contributed by atoms with Crippen molar-refractivity contribution < 1.29 is 9.53 Å². The minimum absolute atomic E-state index is 0.125. The summed E-state index contributed by atoms with van der Waals surface area (Å²) in [5.41, 5.74) is 1.22. The third-order valence-electron chi connectivity index (χ3n) is 4.89. The van der Waals surface area contributed by atoms with E-state index in [9.17, 15) is 4.79 Å². The van der Waals surface area contributed by atoms with Crippen LogP contribution in [-0.2, 0) is 4.79 Å². The molecule has 4 heteroatoms.